The molecule has 0 spiro atoms. The predicted molar refractivity (Wildman–Crippen MR) is 247 cm³/mol. The van der Waals surface area contributed by atoms with Crippen LogP contribution in [-0.2, 0) is 0 Å². The molecule has 0 aliphatic heterocycles. The Bertz CT molecular complexity index is 3140. The molecular formula is C56H38LiN4O+. The van der Waals surface area contributed by atoms with Gasteiger partial charge in [-0.15, -0.1) is 0 Å². The fourth-order valence-electron chi connectivity index (χ4n) is 7.94. The summed E-state index contributed by atoms with van der Waals surface area (Å²) >= 11 is 0. The van der Waals surface area contributed by atoms with Crippen molar-refractivity contribution in [1.29, 1.82) is 0 Å². The molecule has 0 amide bonds. The van der Waals surface area contributed by atoms with Gasteiger partial charge in [0.05, 0.1) is 11.4 Å². The van der Waals surface area contributed by atoms with Gasteiger partial charge in [0.2, 0.25) is 5.52 Å². The Morgan fingerprint density at radius 3 is 1.44 bits per heavy atom. The topological polar surface area (TPSA) is 75.9 Å². The van der Waals surface area contributed by atoms with E-state index in [1.165, 1.54) is 38.2 Å². The summed E-state index contributed by atoms with van der Waals surface area (Å²) in [6.45, 7) is 0. The molecule has 0 radical (unpaired) electrons. The third kappa shape index (κ3) is 8.24. The number of nitrogens with one attached hydrogen (secondary N) is 1. The van der Waals surface area contributed by atoms with Crippen molar-refractivity contribution in [2.45, 2.75) is 0 Å². The van der Waals surface area contributed by atoms with Crippen LogP contribution in [-0.4, -0.2) is 15.0 Å². The van der Waals surface area contributed by atoms with Crippen LogP contribution >= 0.6 is 0 Å². The molecule has 0 aliphatic rings. The van der Waals surface area contributed by atoms with E-state index in [9.17, 15) is 5.11 Å². The Balaban J connectivity index is 0.000000355. The van der Waals surface area contributed by atoms with Gasteiger partial charge >= 0.3 is 18.9 Å². The van der Waals surface area contributed by atoms with Crippen LogP contribution in [0.4, 0.5) is 0 Å². The van der Waals surface area contributed by atoms with E-state index in [1.807, 2.05) is 30.5 Å². The number of fused-ring (bicyclic) bond motifs is 3. The zero-order valence-electron chi connectivity index (χ0n) is 34.1. The molecule has 6 heteroatoms. The Morgan fingerprint density at radius 1 is 0.387 bits per heavy atom. The number of aromatic amines is 1. The monoisotopic (exact) mass is 789 g/mol. The average Bonchev–Trinajstić information content (AvgIpc) is 3.34. The Morgan fingerprint density at radius 2 is 0.871 bits per heavy atom. The molecule has 62 heavy (non-hydrogen) atoms. The molecule has 11 rings (SSSR count). The van der Waals surface area contributed by atoms with Gasteiger partial charge in [0.1, 0.15) is 0 Å². The zero-order valence-corrected chi connectivity index (χ0v) is 34.1. The molecule has 288 valence electrons. The summed E-state index contributed by atoms with van der Waals surface area (Å²) in [5, 5.41) is 17.1. The molecule has 11 aromatic rings. The molecule has 0 fully saturated rings. The van der Waals surface area contributed by atoms with Gasteiger partial charge < -0.3 is 5.11 Å². The summed E-state index contributed by atoms with van der Waals surface area (Å²) in [6, 6.07) is 71.0. The molecular weight excluding hydrogens is 752 g/mol. The number of rotatable bonds is 6. The molecule has 5 nitrogen and oxygen atoms in total. The van der Waals surface area contributed by atoms with Crippen molar-refractivity contribution in [1.82, 2.24) is 15.0 Å². The van der Waals surface area contributed by atoms with Crippen LogP contribution in [0.1, 0.15) is 0 Å². The van der Waals surface area contributed by atoms with E-state index in [2.05, 4.69) is 180 Å². The minimum atomic E-state index is 0. The van der Waals surface area contributed by atoms with E-state index in [-0.39, 0.29) is 24.6 Å². The van der Waals surface area contributed by atoms with E-state index < -0.39 is 0 Å². The van der Waals surface area contributed by atoms with Crippen LogP contribution in [0.5, 0.6) is 5.75 Å². The fraction of sp³-hybridized carbons (Fsp3) is 0. The van der Waals surface area contributed by atoms with Crippen LogP contribution in [0, 0.1) is 0 Å². The summed E-state index contributed by atoms with van der Waals surface area (Å²) in [6.07, 6.45) is 5.44. The summed E-state index contributed by atoms with van der Waals surface area (Å²) in [7, 11) is 0. The quantitative estimate of drug-likeness (QED) is 0.157. The molecule has 0 unspecified atom stereocenters. The number of hydrogen-bond acceptors (Lipinski definition) is 4. The number of H-pyrrole nitrogens is 1. The number of hydrogen-bond donors (Lipinski definition) is 0. The summed E-state index contributed by atoms with van der Waals surface area (Å²) in [5.74, 6) is 0.736. The van der Waals surface area contributed by atoms with Gasteiger partial charge in [-0.25, -0.2) is 15.0 Å². The van der Waals surface area contributed by atoms with Gasteiger partial charge in [0.15, 0.2) is 12.0 Å². The standard InChI is InChI=1S/C47H31N3.C9H7NO.Li/c1-3-13-41-33(8-1)10-5-15-43(41)35-19-25-38(26-20-35)46-30-45(37-23-17-32(18-24-37)40-12-7-29-48-31-40)49-47(50-46)39-27-21-36(22-28-39)44-16-6-11-34-9-2-4-14-42(34)44;11-8-5-1-3-7-4-2-6-10-9(7)8;/h1-31H;1-6,11H;/q;;+1. The molecule has 1 N–H and O–H groups in total. The van der Waals surface area contributed by atoms with Gasteiger partial charge in [-0.2, -0.15) is 0 Å². The van der Waals surface area contributed by atoms with Crippen LogP contribution in [0.2, 0.25) is 0 Å². The first-order valence-electron chi connectivity index (χ1n) is 20.3. The second-order valence-electron chi connectivity index (χ2n) is 14.9. The van der Waals surface area contributed by atoms with Gasteiger partial charge in [-0.1, -0.05) is 176 Å². The summed E-state index contributed by atoms with van der Waals surface area (Å²) in [5.41, 5.74) is 12.4. The molecule has 0 aliphatic carbocycles. The van der Waals surface area contributed by atoms with Crippen LogP contribution in [0.25, 0.3) is 99.7 Å². The third-order valence-corrected chi connectivity index (χ3v) is 11.1. The van der Waals surface area contributed by atoms with Gasteiger partial charge in [-0.05, 0) is 84.9 Å². The third-order valence-electron chi connectivity index (χ3n) is 11.1. The number of para-hydroxylation sites is 1. The van der Waals surface area contributed by atoms with Crippen molar-refractivity contribution < 1.29 is 29.0 Å². The maximum Gasteiger partial charge on any atom is 1.00 e. The minimum Gasteiger partial charge on any atom is -0.868 e. The SMILES string of the molecule is [Li+].[O-]c1cccc2ccc[nH+]c12.c1cncc(-c2ccc(-c3cc(-c4ccc(-c5cccc6ccccc56)cc4)nc(-c4ccc(-c5cccc6ccccc56)cc4)n3)cc2)c1. The Labute approximate surface area is 372 Å². The smallest absolute Gasteiger partial charge is 0.868 e. The first-order chi connectivity index (χ1) is 30.1. The normalized spacial score (nSPS) is 10.8. The first-order valence-corrected chi connectivity index (χ1v) is 20.3. The second-order valence-corrected chi connectivity index (χ2v) is 14.9. The van der Waals surface area contributed by atoms with E-state index in [4.69, 9.17) is 9.97 Å². The van der Waals surface area contributed by atoms with Crippen molar-refractivity contribution >= 4 is 32.4 Å². The van der Waals surface area contributed by atoms with Crippen LogP contribution < -0.4 is 29.0 Å². The van der Waals surface area contributed by atoms with Crippen molar-refractivity contribution in [2.24, 2.45) is 0 Å². The van der Waals surface area contributed by atoms with E-state index in [0.717, 1.165) is 50.2 Å². The van der Waals surface area contributed by atoms with Gasteiger partial charge in [0.25, 0.3) is 0 Å². The van der Waals surface area contributed by atoms with E-state index in [0.29, 0.717) is 11.3 Å². The minimum absolute atomic E-state index is 0. The molecule has 0 saturated heterocycles. The number of nitrogens with zero attached hydrogens (tertiary/aromatic N) is 3. The Hall–Kier alpha value is -7.68. The van der Waals surface area contributed by atoms with E-state index in [1.54, 1.807) is 24.5 Å². The van der Waals surface area contributed by atoms with Crippen molar-refractivity contribution in [2.75, 3.05) is 0 Å². The summed E-state index contributed by atoms with van der Waals surface area (Å²) in [4.78, 5) is 17.5. The first kappa shape index (κ1) is 39.8. The van der Waals surface area contributed by atoms with Crippen molar-refractivity contribution in [3.63, 3.8) is 0 Å². The fourth-order valence-corrected chi connectivity index (χ4v) is 7.94. The second kappa shape index (κ2) is 17.9. The predicted octanol–water partition coefficient (Wildman–Crippen LogP) is 9.91. The van der Waals surface area contributed by atoms with Gasteiger partial charge in [-0.3, -0.25) is 4.98 Å². The molecule has 0 saturated carbocycles. The van der Waals surface area contributed by atoms with Crippen LogP contribution in [0.3, 0.4) is 0 Å². The molecule has 3 heterocycles. The number of aromatic nitrogens is 4. The van der Waals surface area contributed by atoms with Crippen molar-refractivity contribution in [3.8, 4) is 73.0 Å². The molecule has 0 bridgehead atoms. The van der Waals surface area contributed by atoms with E-state index >= 15 is 0 Å². The zero-order chi connectivity index (χ0) is 41.0. The summed E-state index contributed by atoms with van der Waals surface area (Å²) < 4.78 is 0. The molecule has 3 aromatic heterocycles. The molecule has 0 atom stereocenters. The maximum atomic E-state index is 11.1. The average molecular weight is 790 g/mol. The maximum absolute atomic E-state index is 11.1. The number of benzene rings is 8. The van der Waals surface area contributed by atoms with Crippen LogP contribution in [0.15, 0.2) is 225 Å². The number of pyridine rings is 2. The largest absolute Gasteiger partial charge is 1.00 e. The molecule has 8 aromatic carbocycles. The van der Waals surface area contributed by atoms with Crippen molar-refractivity contribution in [3.05, 3.63) is 225 Å². The Kier molecular flexibility index (Phi) is 11.5. The van der Waals surface area contributed by atoms with Gasteiger partial charge in [0, 0.05) is 40.5 Å².